The zero-order chi connectivity index (χ0) is 11.2. The average Bonchev–Trinajstić information content (AvgIpc) is 2.99. The topological polar surface area (TPSA) is 20.2 Å². The third kappa shape index (κ3) is 21.5. The molecule has 0 saturated heterocycles. The zero-order valence-corrected chi connectivity index (χ0v) is 12.5. The van der Waals surface area contributed by atoms with Crippen molar-refractivity contribution in [3.05, 3.63) is 60.7 Å². The minimum Gasteiger partial charge on any atom is -1.00 e. The second kappa shape index (κ2) is 21.0. The molecule has 0 spiro atoms. The molecule has 0 aliphatic heterocycles. The SMILES string of the molecule is CCCCO.[Cl-].[Ti+3].c1cc[cH-]c1.c1cc[cH-]c1. The van der Waals surface area contributed by atoms with E-state index < -0.39 is 0 Å². The fourth-order valence-electron chi connectivity index (χ4n) is 0.800. The van der Waals surface area contributed by atoms with Crippen LogP contribution in [0, 0.1) is 0 Å². The Morgan fingerprint density at radius 3 is 1.29 bits per heavy atom. The molecule has 0 fully saturated rings. The van der Waals surface area contributed by atoms with Crippen molar-refractivity contribution in [3.63, 3.8) is 0 Å². The van der Waals surface area contributed by atoms with Crippen LogP contribution in [-0.2, 0) is 21.7 Å². The number of halogens is 1. The van der Waals surface area contributed by atoms with Gasteiger partial charge in [0.25, 0.3) is 0 Å². The number of hydrogen-bond donors (Lipinski definition) is 1. The molecular weight excluding hydrogens is 267 g/mol. The van der Waals surface area contributed by atoms with Crippen LogP contribution in [0.1, 0.15) is 19.8 Å². The Hall–Kier alpha value is -0.336. The van der Waals surface area contributed by atoms with Crippen molar-refractivity contribution >= 4 is 0 Å². The summed E-state index contributed by atoms with van der Waals surface area (Å²) >= 11 is 0. The summed E-state index contributed by atoms with van der Waals surface area (Å²) in [4.78, 5) is 0. The van der Waals surface area contributed by atoms with Crippen molar-refractivity contribution in [3.8, 4) is 0 Å². The molecule has 0 aromatic heterocycles. The molecule has 0 aliphatic carbocycles. The molecule has 2 aromatic carbocycles. The quantitative estimate of drug-likeness (QED) is 0.633. The molecule has 0 atom stereocenters. The fraction of sp³-hybridized carbons (Fsp3) is 0.286. The monoisotopic (exact) mass is 287 g/mol. The van der Waals surface area contributed by atoms with Crippen LogP contribution in [0.25, 0.3) is 0 Å². The molecule has 1 nitrogen and oxygen atoms in total. The summed E-state index contributed by atoms with van der Waals surface area (Å²) < 4.78 is 0. The minimum atomic E-state index is 0. The molecule has 3 heteroatoms. The van der Waals surface area contributed by atoms with Gasteiger partial charge in [0, 0.05) is 6.61 Å². The van der Waals surface area contributed by atoms with Crippen molar-refractivity contribution in [2.75, 3.05) is 6.61 Å². The van der Waals surface area contributed by atoms with Crippen LogP contribution >= 0.6 is 0 Å². The zero-order valence-electron chi connectivity index (χ0n) is 10.2. The maximum absolute atomic E-state index is 8.07. The average molecular weight is 288 g/mol. The summed E-state index contributed by atoms with van der Waals surface area (Å²) in [6.45, 7) is 2.40. The van der Waals surface area contributed by atoms with Crippen molar-refractivity contribution < 1.29 is 39.2 Å². The summed E-state index contributed by atoms with van der Waals surface area (Å²) in [5.41, 5.74) is 0. The van der Waals surface area contributed by atoms with E-state index >= 15 is 0 Å². The van der Waals surface area contributed by atoms with Gasteiger partial charge >= 0.3 is 21.7 Å². The van der Waals surface area contributed by atoms with Gasteiger partial charge in [-0.15, -0.1) is 0 Å². The molecule has 17 heavy (non-hydrogen) atoms. The van der Waals surface area contributed by atoms with Gasteiger partial charge in [-0.05, 0) is 6.42 Å². The smallest absolute Gasteiger partial charge is 1.00 e. The first kappa shape index (κ1) is 21.9. The summed E-state index contributed by atoms with van der Waals surface area (Å²) in [6.07, 6.45) is 2.04. The van der Waals surface area contributed by atoms with E-state index in [1.807, 2.05) is 60.7 Å². The number of hydrogen-bond acceptors (Lipinski definition) is 1. The first-order chi connectivity index (χ1) is 7.41. The minimum absolute atomic E-state index is 0. The van der Waals surface area contributed by atoms with Crippen LogP contribution in [0.5, 0.6) is 0 Å². The molecule has 0 heterocycles. The van der Waals surface area contributed by atoms with Crippen LogP contribution in [0.15, 0.2) is 60.7 Å². The molecule has 93 valence electrons. The normalized spacial score (nSPS) is 7.18. The summed E-state index contributed by atoms with van der Waals surface area (Å²) in [7, 11) is 0. The fourth-order valence-corrected chi connectivity index (χ4v) is 0.800. The molecule has 1 radical (unpaired) electrons. The Bertz CT molecular complexity index is 191. The third-order valence-corrected chi connectivity index (χ3v) is 1.62. The van der Waals surface area contributed by atoms with Crippen LogP contribution < -0.4 is 12.4 Å². The molecule has 1 N–H and O–H groups in total. The third-order valence-electron chi connectivity index (χ3n) is 1.62. The van der Waals surface area contributed by atoms with E-state index in [9.17, 15) is 0 Å². The standard InChI is InChI=1S/2C5H5.C4H10O.ClH.Ti/c2*1-2-4-5-3-1;1-2-3-4-5;;/h2*1-5H;5H,2-4H2,1H3;1H;/q2*-1;;;+3/p-1. The van der Waals surface area contributed by atoms with E-state index in [1.54, 1.807) is 0 Å². The van der Waals surface area contributed by atoms with Gasteiger partial charge in [-0.3, -0.25) is 0 Å². The number of rotatable bonds is 2. The second-order valence-electron chi connectivity index (χ2n) is 3.00. The van der Waals surface area contributed by atoms with Gasteiger partial charge in [0.15, 0.2) is 0 Å². The first-order valence-corrected chi connectivity index (χ1v) is 5.36. The number of unbranched alkanes of at least 4 members (excludes halogenated alkanes) is 1. The van der Waals surface area contributed by atoms with E-state index in [-0.39, 0.29) is 34.1 Å². The van der Waals surface area contributed by atoms with E-state index in [1.165, 1.54) is 0 Å². The number of aliphatic hydroxyl groups excluding tert-OH is 1. The van der Waals surface area contributed by atoms with E-state index in [0.717, 1.165) is 12.8 Å². The van der Waals surface area contributed by atoms with Crippen molar-refractivity contribution in [2.24, 2.45) is 0 Å². The van der Waals surface area contributed by atoms with Gasteiger partial charge in [-0.1, -0.05) is 13.3 Å². The summed E-state index contributed by atoms with van der Waals surface area (Å²) in [6, 6.07) is 20.0. The van der Waals surface area contributed by atoms with Crippen LogP contribution in [0.2, 0.25) is 0 Å². The molecule has 0 aliphatic rings. The predicted molar refractivity (Wildman–Crippen MR) is 66.1 cm³/mol. The van der Waals surface area contributed by atoms with Gasteiger partial charge in [0.05, 0.1) is 0 Å². The van der Waals surface area contributed by atoms with Crippen LogP contribution in [-0.4, -0.2) is 11.7 Å². The Labute approximate surface area is 126 Å². The molecule has 0 bridgehead atoms. The molecule has 0 saturated carbocycles. The van der Waals surface area contributed by atoms with Gasteiger partial charge < -0.3 is 17.5 Å². The van der Waals surface area contributed by atoms with Crippen molar-refractivity contribution in [1.29, 1.82) is 0 Å². The molecule has 2 rings (SSSR count). The van der Waals surface area contributed by atoms with Gasteiger partial charge in [-0.2, -0.15) is 36.4 Å². The van der Waals surface area contributed by atoms with Crippen LogP contribution in [0.3, 0.4) is 0 Å². The Morgan fingerprint density at radius 2 is 1.24 bits per heavy atom. The predicted octanol–water partition coefficient (Wildman–Crippen LogP) is 0.591. The Balaban J connectivity index is -0.000000163. The maximum Gasteiger partial charge on any atom is 3.00 e. The molecule has 2 aromatic rings. The van der Waals surface area contributed by atoms with E-state index in [4.69, 9.17) is 5.11 Å². The first-order valence-electron chi connectivity index (χ1n) is 5.36. The van der Waals surface area contributed by atoms with Gasteiger partial charge in [0.2, 0.25) is 0 Å². The molecule has 0 amide bonds. The summed E-state index contributed by atoms with van der Waals surface area (Å²) in [5.74, 6) is 0. The molecular formula is C14H20ClOTi. The maximum atomic E-state index is 8.07. The largest absolute Gasteiger partial charge is 3.00 e. The van der Waals surface area contributed by atoms with Crippen molar-refractivity contribution in [2.45, 2.75) is 19.8 Å². The van der Waals surface area contributed by atoms with E-state index in [0.29, 0.717) is 6.61 Å². The second-order valence-corrected chi connectivity index (χ2v) is 3.00. The summed E-state index contributed by atoms with van der Waals surface area (Å²) in [5, 5.41) is 8.07. The van der Waals surface area contributed by atoms with Gasteiger partial charge in [-0.25, -0.2) is 24.3 Å². The number of aliphatic hydroxyl groups is 1. The van der Waals surface area contributed by atoms with Gasteiger partial charge in [0.1, 0.15) is 0 Å². The van der Waals surface area contributed by atoms with Crippen molar-refractivity contribution in [1.82, 2.24) is 0 Å². The Morgan fingerprint density at radius 1 is 0.882 bits per heavy atom. The van der Waals surface area contributed by atoms with E-state index in [2.05, 4.69) is 6.92 Å². The Kier molecular flexibility index (Phi) is 27.1. The van der Waals surface area contributed by atoms with Crippen LogP contribution in [0.4, 0.5) is 0 Å². The molecule has 0 unspecified atom stereocenters.